The third-order valence-electron chi connectivity index (χ3n) is 3.99. The minimum atomic E-state index is -0.216. The second-order valence-electron chi connectivity index (χ2n) is 6.01. The minimum absolute atomic E-state index is 0.157. The smallest absolute Gasteiger partial charge is 0.320 e. The summed E-state index contributed by atoms with van der Waals surface area (Å²) in [6.45, 7) is 4.73. The van der Waals surface area contributed by atoms with Crippen molar-refractivity contribution in [2.45, 2.75) is 45.3 Å². The van der Waals surface area contributed by atoms with Gasteiger partial charge in [0.2, 0.25) is 0 Å². The fraction of sp³-hybridized carbons (Fsp3) is 0.611. The quantitative estimate of drug-likeness (QED) is 0.560. The van der Waals surface area contributed by atoms with Gasteiger partial charge in [-0.15, -0.1) is 0 Å². The summed E-state index contributed by atoms with van der Waals surface area (Å²) in [7, 11) is 0. The molecule has 0 saturated carbocycles. The van der Waals surface area contributed by atoms with Crippen LogP contribution in [0, 0.1) is 0 Å². The van der Waals surface area contributed by atoms with Crippen LogP contribution in [0.5, 0.6) is 5.75 Å². The van der Waals surface area contributed by atoms with Crippen LogP contribution in [0.3, 0.4) is 0 Å². The molecule has 1 aromatic carbocycles. The monoisotopic (exact) mass is 321 g/mol. The highest BCUT2D eigenvalue weighted by Crippen LogP contribution is 2.20. The normalized spacial score (nSPS) is 17.6. The number of carbonyl (C=O) groups is 1. The Morgan fingerprint density at radius 2 is 2.26 bits per heavy atom. The number of ether oxygens (including phenoxy) is 2. The van der Waals surface area contributed by atoms with Gasteiger partial charge < -0.3 is 14.6 Å². The van der Waals surface area contributed by atoms with Gasteiger partial charge in [-0.25, -0.2) is 0 Å². The maximum absolute atomic E-state index is 12.0. The molecule has 1 aliphatic heterocycles. The van der Waals surface area contributed by atoms with Crippen molar-refractivity contribution in [3.63, 3.8) is 0 Å². The van der Waals surface area contributed by atoms with Crippen LogP contribution < -0.4 is 0 Å². The van der Waals surface area contributed by atoms with E-state index in [-0.39, 0.29) is 24.4 Å². The molecule has 2 rings (SSSR count). The van der Waals surface area contributed by atoms with Crippen LogP contribution in [0.1, 0.15) is 38.2 Å². The molecule has 1 atom stereocenters. The largest absolute Gasteiger partial charge is 0.508 e. The molecule has 1 fully saturated rings. The third kappa shape index (κ3) is 6.20. The number of esters is 1. The van der Waals surface area contributed by atoms with Crippen LogP contribution in [-0.4, -0.2) is 48.4 Å². The molecule has 0 aromatic heterocycles. The van der Waals surface area contributed by atoms with Crippen LogP contribution in [0.25, 0.3) is 0 Å². The summed E-state index contributed by atoms with van der Waals surface area (Å²) >= 11 is 0. The van der Waals surface area contributed by atoms with Gasteiger partial charge in [-0.3, -0.25) is 9.69 Å². The summed E-state index contributed by atoms with van der Waals surface area (Å²) < 4.78 is 10.9. The number of hydrogen-bond acceptors (Lipinski definition) is 5. The lowest BCUT2D eigenvalue weighted by Gasteiger charge is -2.24. The predicted octanol–water partition coefficient (Wildman–Crippen LogP) is 2.72. The number of benzene rings is 1. The summed E-state index contributed by atoms with van der Waals surface area (Å²) in [4.78, 5) is 14.0. The number of hydrogen-bond donors (Lipinski definition) is 1. The summed E-state index contributed by atoms with van der Waals surface area (Å²) in [5.74, 6) is 0.0380. The summed E-state index contributed by atoms with van der Waals surface area (Å²) in [6.07, 6.45) is 4.13. The van der Waals surface area contributed by atoms with Crippen molar-refractivity contribution in [1.29, 1.82) is 0 Å². The highest BCUT2D eigenvalue weighted by atomic mass is 16.5. The van der Waals surface area contributed by atoms with Crippen molar-refractivity contribution >= 4 is 5.97 Å². The molecule has 0 radical (unpaired) electrons. The van der Waals surface area contributed by atoms with Gasteiger partial charge in [-0.1, -0.05) is 31.5 Å². The number of aromatic hydroxyl groups is 1. The van der Waals surface area contributed by atoms with E-state index in [1.165, 1.54) is 0 Å². The Balaban J connectivity index is 1.93. The van der Waals surface area contributed by atoms with E-state index < -0.39 is 0 Å². The first-order valence-corrected chi connectivity index (χ1v) is 8.45. The molecule has 1 heterocycles. The molecular formula is C18H27NO4. The molecule has 1 saturated heterocycles. The lowest BCUT2D eigenvalue weighted by Crippen LogP contribution is -2.36. The van der Waals surface area contributed by atoms with Crippen molar-refractivity contribution in [1.82, 2.24) is 4.90 Å². The Morgan fingerprint density at radius 3 is 2.96 bits per heavy atom. The highest BCUT2D eigenvalue weighted by molar-refractivity contribution is 5.71. The number of phenolic OH excluding ortho intramolecular Hbond substituents is 1. The van der Waals surface area contributed by atoms with Gasteiger partial charge in [0.15, 0.2) is 0 Å². The molecule has 128 valence electrons. The molecule has 0 bridgehead atoms. The number of carbonyl (C=O) groups excluding carboxylic acids is 1. The molecule has 1 aromatic rings. The standard InChI is InChI=1S/C18H27NO4/c1-2-3-10-23-18(21)14-19(13-16-8-6-11-22-16)12-15-7-4-5-9-17(15)20/h4-5,7,9,16,20H,2-3,6,8,10-14H2,1H3. The first kappa shape index (κ1) is 17.8. The maximum Gasteiger partial charge on any atom is 0.320 e. The summed E-state index contributed by atoms with van der Waals surface area (Å²) in [5, 5.41) is 9.95. The molecule has 5 nitrogen and oxygen atoms in total. The van der Waals surface area contributed by atoms with Crippen LogP contribution >= 0.6 is 0 Å². The zero-order chi connectivity index (χ0) is 16.5. The second kappa shape index (κ2) is 9.53. The molecule has 1 N–H and O–H groups in total. The lowest BCUT2D eigenvalue weighted by atomic mass is 10.1. The van der Waals surface area contributed by atoms with E-state index in [0.717, 1.165) is 37.9 Å². The fourth-order valence-electron chi connectivity index (χ4n) is 2.71. The molecule has 0 amide bonds. The van der Waals surface area contributed by atoms with Gasteiger partial charge >= 0.3 is 5.97 Å². The Morgan fingerprint density at radius 1 is 1.43 bits per heavy atom. The van der Waals surface area contributed by atoms with Crippen molar-refractivity contribution in [2.75, 3.05) is 26.3 Å². The zero-order valence-corrected chi connectivity index (χ0v) is 13.9. The van der Waals surface area contributed by atoms with Crippen LogP contribution in [0.2, 0.25) is 0 Å². The Kier molecular flexibility index (Phi) is 7.36. The van der Waals surface area contributed by atoms with E-state index in [2.05, 4.69) is 6.92 Å². The number of nitrogens with zero attached hydrogens (tertiary/aromatic N) is 1. The second-order valence-corrected chi connectivity index (χ2v) is 6.01. The number of rotatable bonds is 9. The molecule has 1 aliphatic rings. The first-order chi connectivity index (χ1) is 11.2. The van der Waals surface area contributed by atoms with Gasteiger partial charge in [0.25, 0.3) is 0 Å². The van der Waals surface area contributed by atoms with Gasteiger partial charge in [0, 0.05) is 25.3 Å². The molecule has 0 aliphatic carbocycles. The van der Waals surface area contributed by atoms with E-state index in [1.54, 1.807) is 12.1 Å². The molecule has 1 unspecified atom stereocenters. The van der Waals surface area contributed by atoms with Crippen molar-refractivity contribution < 1.29 is 19.4 Å². The summed E-state index contributed by atoms with van der Waals surface area (Å²) in [5.41, 5.74) is 0.812. The number of para-hydroxylation sites is 1. The molecule has 0 spiro atoms. The van der Waals surface area contributed by atoms with Crippen molar-refractivity contribution in [3.05, 3.63) is 29.8 Å². The van der Waals surface area contributed by atoms with Gasteiger partial charge in [-0.2, -0.15) is 0 Å². The zero-order valence-electron chi connectivity index (χ0n) is 13.9. The van der Waals surface area contributed by atoms with E-state index in [4.69, 9.17) is 9.47 Å². The van der Waals surface area contributed by atoms with Crippen LogP contribution in [0.4, 0.5) is 0 Å². The SMILES string of the molecule is CCCCOC(=O)CN(Cc1ccccc1O)CC1CCCO1. The van der Waals surface area contributed by atoms with Crippen LogP contribution in [0.15, 0.2) is 24.3 Å². The minimum Gasteiger partial charge on any atom is -0.508 e. The van der Waals surface area contributed by atoms with Gasteiger partial charge in [0.1, 0.15) is 5.75 Å². The molecule has 23 heavy (non-hydrogen) atoms. The Labute approximate surface area is 138 Å². The number of phenols is 1. The average molecular weight is 321 g/mol. The van der Waals surface area contributed by atoms with E-state index in [0.29, 0.717) is 19.7 Å². The number of unbranched alkanes of at least 4 members (excludes halogenated alkanes) is 1. The molecular weight excluding hydrogens is 294 g/mol. The average Bonchev–Trinajstić information content (AvgIpc) is 3.03. The maximum atomic E-state index is 12.0. The lowest BCUT2D eigenvalue weighted by molar-refractivity contribution is -0.145. The van der Waals surface area contributed by atoms with Gasteiger partial charge in [-0.05, 0) is 25.3 Å². The Bertz CT molecular complexity index is 486. The van der Waals surface area contributed by atoms with Crippen LogP contribution in [-0.2, 0) is 20.8 Å². The first-order valence-electron chi connectivity index (χ1n) is 8.45. The third-order valence-corrected chi connectivity index (χ3v) is 3.99. The fourth-order valence-corrected chi connectivity index (χ4v) is 2.71. The highest BCUT2D eigenvalue weighted by Gasteiger charge is 2.22. The van der Waals surface area contributed by atoms with Crippen molar-refractivity contribution in [2.24, 2.45) is 0 Å². The predicted molar refractivity (Wildman–Crippen MR) is 88.2 cm³/mol. The van der Waals surface area contributed by atoms with E-state index in [9.17, 15) is 9.90 Å². The van der Waals surface area contributed by atoms with Gasteiger partial charge in [0.05, 0.1) is 19.3 Å². The topological polar surface area (TPSA) is 59.0 Å². The van der Waals surface area contributed by atoms with E-state index >= 15 is 0 Å². The van der Waals surface area contributed by atoms with Crippen molar-refractivity contribution in [3.8, 4) is 5.75 Å². The van der Waals surface area contributed by atoms with E-state index in [1.807, 2.05) is 17.0 Å². The Hall–Kier alpha value is -1.59. The summed E-state index contributed by atoms with van der Waals surface area (Å²) in [6, 6.07) is 7.22. The molecule has 5 heteroatoms.